The quantitative estimate of drug-likeness (QED) is 0.182. The first kappa shape index (κ1) is 23.0. The summed E-state index contributed by atoms with van der Waals surface area (Å²) in [5, 5.41) is 0.530. The second-order valence-corrected chi connectivity index (χ2v) is 9.17. The summed E-state index contributed by atoms with van der Waals surface area (Å²) in [6, 6.07) is 21.2. The average molecular weight is 496 g/mol. The smallest absolute Gasteiger partial charge is 0.343 e. The van der Waals surface area contributed by atoms with Crippen LogP contribution in [-0.2, 0) is 11.3 Å². The molecule has 0 aromatic heterocycles. The number of hydrogen-bond acceptors (Lipinski definition) is 6. The Morgan fingerprint density at radius 3 is 2.48 bits per heavy atom. The molecule has 0 spiro atoms. The number of thiocarbonyl (C=S) groups is 1. The van der Waals surface area contributed by atoms with Gasteiger partial charge in [0, 0.05) is 5.02 Å². The summed E-state index contributed by atoms with van der Waals surface area (Å²) in [7, 11) is 1.48. The van der Waals surface area contributed by atoms with Crippen LogP contribution in [0.2, 0.25) is 5.02 Å². The fourth-order valence-corrected chi connectivity index (χ4v) is 4.54. The van der Waals surface area contributed by atoms with E-state index in [1.807, 2.05) is 30.3 Å². The minimum Gasteiger partial charge on any atom is -0.493 e. The van der Waals surface area contributed by atoms with Crippen molar-refractivity contribution in [3.8, 4) is 11.5 Å². The molecule has 0 radical (unpaired) electrons. The molecule has 1 aliphatic heterocycles. The third kappa shape index (κ3) is 5.45. The highest BCUT2D eigenvalue weighted by Crippen LogP contribution is 2.35. The number of amides is 1. The van der Waals surface area contributed by atoms with E-state index in [1.54, 1.807) is 53.4 Å². The first-order valence-corrected chi connectivity index (χ1v) is 11.5. The van der Waals surface area contributed by atoms with Crippen LogP contribution < -0.4 is 9.47 Å². The molecule has 0 saturated carbocycles. The van der Waals surface area contributed by atoms with Crippen LogP contribution in [0, 0.1) is 0 Å². The topological polar surface area (TPSA) is 55.8 Å². The number of esters is 1. The third-order valence-electron chi connectivity index (χ3n) is 4.83. The van der Waals surface area contributed by atoms with Crippen LogP contribution in [0.4, 0.5) is 0 Å². The van der Waals surface area contributed by atoms with E-state index >= 15 is 0 Å². The number of rotatable bonds is 6. The van der Waals surface area contributed by atoms with Gasteiger partial charge in [-0.05, 0) is 53.6 Å². The third-order valence-corrected chi connectivity index (χ3v) is 6.45. The Labute approximate surface area is 205 Å². The Morgan fingerprint density at radius 1 is 1.06 bits per heavy atom. The molecule has 3 aromatic rings. The van der Waals surface area contributed by atoms with E-state index in [-0.39, 0.29) is 11.7 Å². The molecule has 0 N–H and O–H groups in total. The fourth-order valence-electron chi connectivity index (χ4n) is 3.16. The molecule has 5 nitrogen and oxygen atoms in total. The normalized spacial score (nSPS) is 14.6. The average Bonchev–Trinajstić information content (AvgIpc) is 3.08. The highest BCUT2D eigenvalue weighted by atomic mass is 35.5. The van der Waals surface area contributed by atoms with E-state index < -0.39 is 5.97 Å². The van der Waals surface area contributed by atoms with Crippen LogP contribution in [0.3, 0.4) is 0 Å². The van der Waals surface area contributed by atoms with Crippen molar-refractivity contribution in [2.24, 2.45) is 0 Å². The van der Waals surface area contributed by atoms with Gasteiger partial charge in [-0.2, -0.15) is 0 Å². The molecule has 1 fully saturated rings. The van der Waals surface area contributed by atoms with Crippen molar-refractivity contribution in [2.75, 3.05) is 7.11 Å². The lowest BCUT2D eigenvalue weighted by Gasteiger charge is -2.14. The van der Waals surface area contributed by atoms with E-state index in [2.05, 4.69) is 0 Å². The number of ether oxygens (including phenoxy) is 2. The van der Waals surface area contributed by atoms with Gasteiger partial charge in [0.2, 0.25) is 0 Å². The number of thioether (sulfide) groups is 1. The molecule has 166 valence electrons. The van der Waals surface area contributed by atoms with E-state index in [4.69, 9.17) is 33.3 Å². The minimum atomic E-state index is -0.528. The van der Waals surface area contributed by atoms with Crippen LogP contribution in [0.1, 0.15) is 21.5 Å². The summed E-state index contributed by atoms with van der Waals surface area (Å²) < 4.78 is 11.4. The molecular weight excluding hydrogens is 478 g/mol. The maximum Gasteiger partial charge on any atom is 0.343 e. The van der Waals surface area contributed by atoms with E-state index in [1.165, 1.54) is 18.9 Å². The first-order chi connectivity index (χ1) is 15.9. The van der Waals surface area contributed by atoms with Crippen LogP contribution in [-0.4, -0.2) is 28.2 Å². The minimum absolute atomic E-state index is 0.147. The number of halogens is 1. The molecule has 8 heteroatoms. The second kappa shape index (κ2) is 10.2. The molecule has 1 aliphatic rings. The van der Waals surface area contributed by atoms with Crippen molar-refractivity contribution in [3.05, 3.63) is 99.4 Å². The zero-order chi connectivity index (χ0) is 23.4. The van der Waals surface area contributed by atoms with Gasteiger partial charge in [-0.1, -0.05) is 72.0 Å². The summed E-state index contributed by atoms with van der Waals surface area (Å²) in [4.78, 5) is 27.4. The summed E-state index contributed by atoms with van der Waals surface area (Å²) in [5.41, 5.74) is 2.09. The molecular formula is C25H18ClNO4S2. The van der Waals surface area contributed by atoms with Crippen molar-refractivity contribution < 1.29 is 19.1 Å². The van der Waals surface area contributed by atoms with Crippen molar-refractivity contribution >= 4 is 57.9 Å². The highest BCUT2D eigenvalue weighted by Gasteiger charge is 2.32. The zero-order valence-corrected chi connectivity index (χ0v) is 19.9. The summed E-state index contributed by atoms with van der Waals surface area (Å²) >= 11 is 12.5. The van der Waals surface area contributed by atoms with Gasteiger partial charge in [0.05, 0.1) is 24.1 Å². The summed E-state index contributed by atoms with van der Waals surface area (Å²) in [6.45, 7) is 0.422. The SMILES string of the molecule is COc1cc(/C=C2\SC(=S)N(Cc3ccccc3)C2=O)ccc1OC(=O)c1ccc(Cl)cc1. The Balaban J connectivity index is 1.51. The monoisotopic (exact) mass is 495 g/mol. The first-order valence-electron chi connectivity index (χ1n) is 9.89. The van der Waals surface area contributed by atoms with Crippen molar-refractivity contribution in [1.82, 2.24) is 4.90 Å². The Hall–Kier alpha value is -3.13. The van der Waals surface area contributed by atoms with Crippen LogP contribution in [0.5, 0.6) is 11.5 Å². The molecule has 0 bridgehead atoms. The van der Waals surface area contributed by atoms with Crippen LogP contribution >= 0.6 is 35.6 Å². The number of methoxy groups -OCH3 is 1. The lowest BCUT2D eigenvalue weighted by Crippen LogP contribution is -2.27. The number of nitrogens with zero attached hydrogens (tertiary/aromatic N) is 1. The molecule has 1 saturated heterocycles. The molecule has 1 amide bonds. The molecule has 3 aromatic carbocycles. The standard InChI is InChI=1S/C25H18ClNO4S2/c1-30-21-13-17(7-12-20(21)31-24(29)18-8-10-19(26)11-9-18)14-22-23(28)27(25(32)33-22)15-16-5-3-2-4-6-16/h2-14H,15H2,1H3/b22-14-. The Bertz CT molecular complexity index is 1240. The molecule has 4 rings (SSSR count). The van der Waals surface area contributed by atoms with Crippen molar-refractivity contribution in [2.45, 2.75) is 6.54 Å². The van der Waals surface area contributed by atoms with Crippen LogP contribution in [0.25, 0.3) is 6.08 Å². The predicted molar refractivity (Wildman–Crippen MR) is 135 cm³/mol. The lowest BCUT2D eigenvalue weighted by atomic mass is 10.1. The Morgan fingerprint density at radius 2 is 1.79 bits per heavy atom. The van der Waals surface area contributed by atoms with Gasteiger partial charge in [0.15, 0.2) is 11.5 Å². The summed E-state index contributed by atoms with van der Waals surface area (Å²) in [6.07, 6.45) is 1.75. The van der Waals surface area contributed by atoms with Gasteiger partial charge < -0.3 is 9.47 Å². The number of carbonyl (C=O) groups is 2. The zero-order valence-electron chi connectivity index (χ0n) is 17.5. The fraction of sp³-hybridized carbons (Fsp3) is 0.0800. The van der Waals surface area contributed by atoms with E-state index in [0.29, 0.717) is 32.1 Å². The lowest BCUT2D eigenvalue weighted by molar-refractivity contribution is -0.122. The van der Waals surface area contributed by atoms with Gasteiger partial charge in [-0.3, -0.25) is 9.69 Å². The predicted octanol–water partition coefficient (Wildman–Crippen LogP) is 5.97. The number of hydrogen-bond donors (Lipinski definition) is 0. The Kier molecular flexibility index (Phi) is 7.13. The van der Waals surface area contributed by atoms with Gasteiger partial charge in [0.1, 0.15) is 4.32 Å². The largest absolute Gasteiger partial charge is 0.493 e. The van der Waals surface area contributed by atoms with Gasteiger partial charge in [-0.25, -0.2) is 4.79 Å². The maximum atomic E-state index is 12.9. The molecule has 0 aliphatic carbocycles. The summed E-state index contributed by atoms with van der Waals surface area (Å²) in [5.74, 6) is -0.0392. The van der Waals surface area contributed by atoms with Crippen molar-refractivity contribution in [3.63, 3.8) is 0 Å². The second-order valence-electron chi connectivity index (χ2n) is 7.06. The van der Waals surface area contributed by atoms with Gasteiger partial charge >= 0.3 is 5.97 Å². The molecule has 1 heterocycles. The van der Waals surface area contributed by atoms with Crippen molar-refractivity contribution in [1.29, 1.82) is 0 Å². The van der Waals surface area contributed by atoms with Gasteiger partial charge in [0.25, 0.3) is 5.91 Å². The maximum absolute atomic E-state index is 12.9. The highest BCUT2D eigenvalue weighted by molar-refractivity contribution is 8.26. The van der Waals surface area contributed by atoms with E-state index in [9.17, 15) is 9.59 Å². The van der Waals surface area contributed by atoms with E-state index in [0.717, 1.165) is 11.1 Å². The number of carbonyl (C=O) groups excluding carboxylic acids is 2. The molecule has 0 unspecified atom stereocenters. The number of benzene rings is 3. The van der Waals surface area contributed by atoms with Crippen LogP contribution in [0.15, 0.2) is 77.7 Å². The van der Waals surface area contributed by atoms with Gasteiger partial charge in [-0.15, -0.1) is 0 Å². The molecule has 0 atom stereocenters. The molecule has 33 heavy (non-hydrogen) atoms.